The molecular weight excluding hydrogens is 368 g/mol. The van der Waals surface area contributed by atoms with Crippen LogP contribution in [0, 0.1) is 13.8 Å². The zero-order valence-corrected chi connectivity index (χ0v) is 16.9. The first-order valence-electron chi connectivity index (χ1n) is 8.33. The number of hydrogen-bond donors (Lipinski definition) is 1. The second kappa shape index (κ2) is 8.05. The number of thioether (sulfide) groups is 1. The lowest BCUT2D eigenvalue weighted by molar-refractivity contribution is -0.115. The van der Waals surface area contributed by atoms with E-state index in [0.29, 0.717) is 0 Å². The van der Waals surface area contributed by atoms with Crippen molar-refractivity contribution in [3.63, 3.8) is 0 Å². The minimum Gasteiger partial charge on any atom is -0.322 e. The van der Waals surface area contributed by atoms with E-state index in [2.05, 4.69) is 38.1 Å². The summed E-state index contributed by atoms with van der Waals surface area (Å²) in [4.78, 5) is 13.9. The quantitative estimate of drug-likeness (QED) is 0.628. The van der Waals surface area contributed by atoms with Crippen LogP contribution in [0.2, 0.25) is 0 Å². The molecule has 26 heavy (non-hydrogen) atoms. The van der Waals surface area contributed by atoms with Crippen molar-refractivity contribution >= 4 is 34.7 Å². The molecule has 3 heterocycles. The number of aromatic nitrogens is 5. The molecule has 1 amide bonds. The summed E-state index contributed by atoms with van der Waals surface area (Å²) in [5, 5.41) is 18.0. The van der Waals surface area contributed by atoms with Crippen molar-refractivity contribution in [2.45, 2.75) is 44.1 Å². The molecule has 0 bridgehead atoms. The number of anilines is 1. The van der Waals surface area contributed by atoms with E-state index in [0.717, 1.165) is 35.2 Å². The third-order valence-corrected chi connectivity index (χ3v) is 6.20. The van der Waals surface area contributed by atoms with E-state index in [-0.39, 0.29) is 11.2 Å². The summed E-state index contributed by atoms with van der Waals surface area (Å²) in [6, 6.07) is 4.17. The van der Waals surface area contributed by atoms with Gasteiger partial charge in [0.2, 0.25) is 5.91 Å². The third kappa shape index (κ3) is 4.16. The van der Waals surface area contributed by atoms with Gasteiger partial charge in [0.25, 0.3) is 0 Å². The van der Waals surface area contributed by atoms with Crippen LogP contribution in [0.25, 0.3) is 0 Å². The van der Waals surface area contributed by atoms with Crippen molar-refractivity contribution in [1.29, 1.82) is 0 Å². The van der Waals surface area contributed by atoms with Crippen molar-refractivity contribution in [2.75, 3.05) is 5.32 Å². The SMILES string of the molecule is Cc1nn(C)c(C)c1NC(=O)C(C)Sc1nncn1CCc1cccs1. The molecule has 0 aromatic carbocycles. The molecule has 0 saturated heterocycles. The van der Waals surface area contributed by atoms with Gasteiger partial charge in [0, 0.05) is 18.5 Å². The molecule has 0 spiro atoms. The van der Waals surface area contributed by atoms with Gasteiger partial charge in [0.1, 0.15) is 6.33 Å². The van der Waals surface area contributed by atoms with E-state index >= 15 is 0 Å². The zero-order chi connectivity index (χ0) is 18.7. The molecular formula is C17H22N6OS2. The van der Waals surface area contributed by atoms with E-state index in [1.807, 2.05) is 32.4 Å². The van der Waals surface area contributed by atoms with E-state index in [1.54, 1.807) is 22.3 Å². The van der Waals surface area contributed by atoms with Crippen molar-refractivity contribution in [2.24, 2.45) is 7.05 Å². The van der Waals surface area contributed by atoms with Crippen molar-refractivity contribution < 1.29 is 4.79 Å². The Labute approximate surface area is 160 Å². The fourth-order valence-electron chi connectivity index (χ4n) is 2.57. The number of nitrogens with zero attached hydrogens (tertiary/aromatic N) is 5. The van der Waals surface area contributed by atoms with E-state index in [9.17, 15) is 4.79 Å². The molecule has 0 aliphatic rings. The minimum atomic E-state index is -0.293. The first-order valence-corrected chi connectivity index (χ1v) is 10.1. The maximum absolute atomic E-state index is 12.6. The van der Waals surface area contributed by atoms with Crippen LogP contribution in [0.3, 0.4) is 0 Å². The molecule has 0 aliphatic carbocycles. The molecule has 0 fully saturated rings. The molecule has 0 radical (unpaired) electrons. The molecule has 1 atom stereocenters. The standard InChI is InChI=1S/C17H22N6OS2/c1-11-15(12(2)22(4)21-11)19-16(24)13(3)26-17-20-18-10-23(17)8-7-14-6-5-9-25-14/h5-6,9-10,13H,7-8H2,1-4H3,(H,19,24). The van der Waals surface area contributed by atoms with E-state index in [4.69, 9.17) is 0 Å². The number of carbonyl (C=O) groups excluding carboxylic acids is 1. The normalized spacial score (nSPS) is 12.3. The summed E-state index contributed by atoms with van der Waals surface area (Å²) < 4.78 is 3.76. The number of amides is 1. The Balaban J connectivity index is 1.61. The molecule has 3 aromatic heterocycles. The second-order valence-corrected chi connectivity index (χ2v) is 8.40. The van der Waals surface area contributed by atoms with Gasteiger partial charge < -0.3 is 9.88 Å². The van der Waals surface area contributed by atoms with Crippen LogP contribution in [0.4, 0.5) is 5.69 Å². The molecule has 9 heteroatoms. The molecule has 138 valence electrons. The average molecular weight is 391 g/mol. The number of hydrogen-bond acceptors (Lipinski definition) is 6. The third-order valence-electron chi connectivity index (χ3n) is 4.17. The Bertz CT molecular complexity index is 883. The van der Waals surface area contributed by atoms with Gasteiger partial charge in [0.05, 0.1) is 22.3 Å². The van der Waals surface area contributed by atoms with Crippen molar-refractivity contribution in [3.05, 3.63) is 40.1 Å². The number of aryl methyl sites for hydroxylation is 4. The summed E-state index contributed by atoms with van der Waals surface area (Å²) in [6.07, 6.45) is 2.65. The molecule has 7 nitrogen and oxygen atoms in total. The highest BCUT2D eigenvalue weighted by molar-refractivity contribution is 8.00. The largest absolute Gasteiger partial charge is 0.322 e. The second-order valence-electron chi connectivity index (χ2n) is 6.06. The number of carbonyl (C=O) groups is 1. The molecule has 0 aliphatic heterocycles. The van der Waals surface area contributed by atoms with Crippen molar-refractivity contribution in [1.82, 2.24) is 24.5 Å². The highest BCUT2D eigenvalue weighted by Gasteiger charge is 2.20. The maximum Gasteiger partial charge on any atom is 0.237 e. The molecule has 0 saturated carbocycles. The highest BCUT2D eigenvalue weighted by atomic mass is 32.2. The van der Waals surface area contributed by atoms with Crippen LogP contribution < -0.4 is 5.32 Å². The van der Waals surface area contributed by atoms with Crippen LogP contribution in [0.15, 0.2) is 29.0 Å². The molecule has 3 rings (SSSR count). The van der Waals surface area contributed by atoms with E-state index < -0.39 is 0 Å². The van der Waals surface area contributed by atoms with Crippen LogP contribution in [-0.2, 0) is 24.8 Å². The zero-order valence-electron chi connectivity index (χ0n) is 15.3. The lowest BCUT2D eigenvalue weighted by atomic mass is 10.3. The van der Waals surface area contributed by atoms with Gasteiger partial charge in [-0.1, -0.05) is 17.8 Å². The lowest BCUT2D eigenvalue weighted by Crippen LogP contribution is -2.23. The van der Waals surface area contributed by atoms with Crippen molar-refractivity contribution in [3.8, 4) is 0 Å². The van der Waals surface area contributed by atoms with Gasteiger partial charge in [-0.05, 0) is 38.6 Å². The summed E-state index contributed by atoms with van der Waals surface area (Å²) in [5.41, 5.74) is 2.53. The maximum atomic E-state index is 12.6. The average Bonchev–Trinajstić information content (AvgIpc) is 3.32. The van der Waals surface area contributed by atoms with Gasteiger partial charge >= 0.3 is 0 Å². The van der Waals surface area contributed by atoms with Gasteiger partial charge in [0.15, 0.2) is 5.16 Å². The first kappa shape index (κ1) is 18.7. The summed E-state index contributed by atoms with van der Waals surface area (Å²) in [6.45, 7) is 6.50. The van der Waals surface area contributed by atoms with Gasteiger partial charge in [-0.2, -0.15) is 5.10 Å². The topological polar surface area (TPSA) is 77.6 Å². The van der Waals surface area contributed by atoms with Gasteiger partial charge in [-0.15, -0.1) is 21.5 Å². The Kier molecular flexibility index (Phi) is 5.77. The Morgan fingerprint density at radius 3 is 2.88 bits per heavy atom. The monoisotopic (exact) mass is 390 g/mol. The number of rotatable bonds is 7. The minimum absolute atomic E-state index is 0.0676. The van der Waals surface area contributed by atoms with Crippen LogP contribution in [0.5, 0.6) is 0 Å². The molecule has 1 N–H and O–H groups in total. The highest BCUT2D eigenvalue weighted by Crippen LogP contribution is 2.24. The van der Waals surface area contributed by atoms with Gasteiger partial charge in [-0.3, -0.25) is 9.48 Å². The van der Waals surface area contributed by atoms with Crippen LogP contribution in [0.1, 0.15) is 23.2 Å². The fraction of sp³-hybridized carbons (Fsp3) is 0.412. The van der Waals surface area contributed by atoms with E-state index in [1.165, 1.54) is 16.6 Å². The predicted molar refractivity (Wildman–Crippen MR) is 105 cm³/mol. The first-order chi connectivity index (χ1) is 12.5. The van der Waals surface area contributed by atoms with Crippen LogP contribution >= 0.6 is 23.1 Å². The van der Waals surface area contributed by atoms with Gasteiger partial charge in [-0.25, -0.2) is 0 Å². The summed E-state index contributed by atoms with van der Waals surface area (Å²) in [5.74, 6) is -0.0676. The molecule has 1 unspecified atom stereocenters. The summed E-state index contributed by atoms with van der Waals surface area (Å²) >= 11 is 3.16. The Hall–Kier alpha value is -2.13. The fourth-order valence-corrected chi connectivity index (χ4v) is 4.11. The van der Waals surface area contributed by atoms with Crippen LogP contribution in [-0.4, -0.2) is 35.7 Å². The Morgan fingerprint density at radius 1 is 1.42 bits per heavy atom. The Morgan fingerprint density at radius 2 is 2.23 bits per heavy atom. The number of nitrogens with one attached hydrogen (secondary N) is 1. The predicted octanol–water partition coefficient (Wildman–Crippen LogP) is 3.05. The summed E-state index contributed by atoms with van der Waals surface area (Å²) in [7, 11) is 1.87. The smallest absolute Gasteiger partial charge is 0.237 e. The molecule has 3 aromatic rings. The number of thiophene rings is 1. The lowest BCUT2D eigenvalue weighted by Gasteiger charge is -2.12.